The maximum Gasteiger partial charge on any atom is 0.320 e. The second-order valence-corrected chi connectivity index (χ2v) is 5.46. The van der Waals surface area contributed by atoms with Crippen LogP contribution in [0.2, 0.25) is 0 Å². The quantitative estimate of drug-likeness (QED) is 0.628. The van der Waals surface area contributed by atoms with E-state index in [1.807, 2.05) is 0 Å². The van der Waals surface area contributed by atoms with Gasteiger partial charge >= 0.3 is 5.97 Å². The molecule has 1 saturated heterocycles. The van der Waals surface area contributed by atoms with Gasteiger partial charge in [0.15, 0.2) is 5.75 Å². The van der Waals surface area contributed by atoms with Crippen LogP contribution in [0.1, 0.15) is 13.3 Å². The first-order valence-electron chi connectivity index (χ1n) is 4.21. The van der Waals surface area contributed by atoms with Crippen molar-refractivity contribution in [3.63, 3.8) is 0 Å². The zero-order chi connectivity index (χ0) is 11.0. The molecule has 1 aliphatic rings. The maximum absolute atomic E-state index is 11.3. The number of β-amino-alcohol motifs (C(OH)–C–C–N with tert-alkyl or cyclic N) is 1. The van der Waals surface area contributed by atoms with Crippen LogP contribution in [0.25, 0.3) is 0 Å². The Labute approximate surface area is 82.2 Å². The first-order valence-corrected chi connectivity index (χ1v) is 5.82. The number of carboxylic acid groups (broad SMARTS) is 1. The molecule has 82 valence electrons. The van der Waals surface area contributed by atoms with E-state index in [4.69, 9.17) is 5.11 Å². The Hall–Kier alpha value is -0.660. The van der Waals surface area contributed by atoms with Crippen molar-refractivity contribution < 1.29 is 23.4 Å². The van der Waals surface area contributed by atoms with Crippen LogP contribution in [-0.4, -0.2) is 53.3 Å². The minimum Gasteiger partial charge on any atom is -0.480 e. The predicted octanol–water partition coefficient (Wildman–Crippen LogP) is -1.14. The fraction of sp³-hybridized carbons (Fsp3) is 0.857. The summed E-state index contributed by atoms with van der Waals surface area (Å²) in [5, 5.41) is 17.9. The van der Waals surface area contributed by atoms with Gasteiger partial charge in [-0.15, -0.1) is 0 Å². The molecular formula is C7H13NO5S. The number of hydrogen-bond acceptors (Lipinski definition) is 4. The monoisotopic (exact) mass is 223 g/mol. The molecule has 7 heteroatoms. The third-order valence-corrected chi connectivity index (χ3v) is 3.96. The molecule has 1 rings (SSSR count). The molecule has 1 aliphatic heterocycles. The van der Waals surface area contributed by atoms with Gasteiger partial charge in [0, 0.05) is 13.1 Å². The van der Waals surface area contributed by atoms with Crippen molar-refractivity contribution in [2.75, 3.05) is 18.8 Å². The summed E-state index contributed by atoms with van der Waals surface area (Å²) in [6.45, 7) is 1.75. The van der Waals surface area contributed by atoms with E-state index in [9.17, 15) is 18.3 Å². The van der Waals surface area contributed by atoms with E-state index in [0.717, 1.165) is 4.31 Å². The third-order valence-electron chi connectivity index (χ3n) is 2.30. The molecular weight excluding hydrogens is 210 g/mol. The Kier molecular flexibility index (Phi) is 2.84. The van der Waals surface area contributed by atoms with Crippen molar-refractivity contribution >= 4 is 16.0 Å². The second kappa shape index (κ2) is 3.48. The summed E-state index contributed by atoms with van der Waals surface area (Å²) in [4.78, 5) is 10.2. The van der Waals surface area contributed by atoms with Crippen LogP contribution in [-0.2, 0) is 14.8 Å². The normalized spacial score (nSPS) is 21.6. The van der Waals surface area contributed by atoms with Gasteiger partial charge in [-0.1, -0.05) is 6.92 Å². The highest BCUT2D eigenvalue weighted by Crippen LogP contribution is 2.26. The molecule has 0 spiro atoms. The summed E-state index contributed by atoms with van der Waals surface area (Å²) >= 11 is 0. The fourth-order valence-corrected chi connectivity index (χ4v) is 2.65. The highest BCUT2D eigenvalue weighted by atomic mass is 32.2. The zero-order valence-electron chi connectivity index (χ0n) is 7.80. The Balaban J connectivity index is 2.59. The van der Waals surface area contributed by atoms with E-state index < -0.39 is 27.3 Å². The lowest BCUT2D eigenvalue weighted by atomic mass is 9.94. The molecule has 0 saturated carbocycles. The topological polar surface area (TPSA) is 94.9 Å². The van der Waals surface area contributed by atoms with Crippen molar-refractivity contribution in [2.24, 2.45) is 0 Å². The number of sulfonamides is 1. The third kappa shape index (κ3) is 2.23. The van der Waals surface area contributed by atoms with Crippen LogP contribution >= 0.6 is 0 Å². The van der Waals surface area contributed by atoms with Crippen molar-refractivity contribution in [3.8, 4) is 0 Å². The smallest absolute Gasteiger partial charge is 0.320 e. The van der Waals surface area contributed by atoms with E-state index in [0.29, 0.717) is 6.42 Å². The summed E-state index contributed by atoms with van der Waals surface area (Å²) in [6, 6.07) is 0. The first kappa shape index (κ1) is 11.4. The SMILES string of the molecule is CCC1(O)CN(S(=O)(=O)CC(=O)O)C1. The molecule has 14 heavy (non-hydrogen) atoms. The van der Waals surface area contributed by atoms with Crippen LogP contribution in [0, 0.1) is 0 Å². The van der Waals surface area contributed by atoms with Gasteiger partial charge in [-0.25, -0.2) is 8.42 Å². The average molecular weight is 223 g/mol. The van der Waals surface area contributed by atoms with Crippen molar-refractivity contribution in [1.29, 1.82) is 0 Å². The van der Waals surface area contributed by atoms with Gasteiger partial charge in [-0.3, -0.25) is 4.79 Å². The fourth-order valence-electron chi connectivity index (χ4n) is 1.28. The number of hydrogen-bond donors (Lipinski definition) is 2. The Bertz CT molecular complexity index is 330. The predicted molar refractivity (Wildman–Crippen MR) is 48.2 cm³/mol. The molecule has 6 nitrogen and oxygen atoms in total. The molecule has 0 aliphatic carbocycles. The number of carbonyl (C=O) groups is 1. The zero-order valence-corrected chi connectivity index (χ0v) is 8.62. The van der Waals surface area contributed by atoms with E-state index in [2.05, 4.69) is 0 Å². The van der Waals surface area contributed by atoms with Crippen molar-refractivity contribution in [1.82, 2.24) is 4.31 Å². The Morgan fingerprint density at radius 1 is 1.50 bits per heavy atom. The molecule has 0 bridgehead atoms. The van der Waals surface area contributed by atoms with Gasteiger partial charge in [0.1, 0.15) is 0 Å². The highest BCUT2D eigenvalue weighted by Gasteiger charge is 2.45. The van der Waals surface area contributed by atoms with Gasteiger partial charge in [0.05, 0.1) is 5.60 Å². The summed E-state index contributed by atoms with van der Waals surface area (Å²) < 4.78 is 23.5. The van der Waals surface area contributed by atoms with Gasteiger partial charge in [-0.2, -0.15) is 4.31 Å². The average Bonchev–Trinajstić information content (AvgIpc) is 1.96. The molecule has 1 heterocycles. The molecule has 0 radical (unpaired) electrons. The minimum absolute atomic E-state index is 0.000880. The van der Waals surface area contributed by atoms with E-state index >= 15 is 0 Å². The summed E-state index contributed by atoms with van der Waals surface area (Å²) in [6.07, 6.45) is 0.464. The Morgan fingerprint density at radius 2 is 2.00 bits per heavy atom. The molecule has 0 amide bonds. The summed E-state index contributed by atoms with van der Waals surface area (Å²) in [7, 11) is -3.73. The number of carboxylic acids is 1. The second-order valence-electron chi connectivity index (χ2n) is 3.50. The summed E-state index contributed by atoms with van der Waals surface area (Å²) in [5.74, 6) is -2.29. The van der Waals surface area contributed by atoms with Crippen LogP contribution < -0.4 is 0 Å². The van der Waals surface area contributed by atoms with Crippen molar-refractivity contribution in [3.05, 3.63) is 0 Å². The van der Waals surface area contributed by atoms with Crippen LogP contribution in [0.3, 0.4) is 0 Å². The Morgan fingerprint density at radius 3 is 2.36 bits per heavy atom. The van der Waals surface area contributed by atoms with Gasteiger partial charge in [0.25, 0.3) is 0 Å². The number of aliphatic carboxylic acids is 1. The van der Waals surface area contributed by atoms with Gasteiger partial charge in [-0.05, 0) is 6.42 Å². The van der Waals surface area contributed by atoms with Crippen LogP contribution in [0.4, 0.5) is 0 Å². The van der Waals surface area contributed by atoms with Gasteiger partial charge < -0.3 is 10.2 Å². The largest absolute Gasteiger partial charge is 0.480 e. The van der Waals surface area contributed by atoms with Crippen LogP contribution in [0.5, 0.6) is 0 Å². The van der Waals surface area contributed by atoms with Gasteiger partial charge in [0.2, 0.25) is 10.0 Å². The lowest BCUT2D eigenvalue weighted by molar-refractivity contribution is -0.134. The molecule has 0 unspecified atom stereocenters. The highest BCUT2D eigenvalue weighted by molar-refractivity contribution is 7.89. The molecule has 1 fully saturated rings. The van der Waals surface area contributed by atoms with Crippen LogP contribution in [0.15, 0.2) is 0 Å². The maximum atomic E-state index is 11.3. The van der Waals surface area contributed by atoms with E-state index in [1.165, 1.54) is 0 Å². The molecule has 0 aromatic carbocycles. The van der Waals surface area contributed by atoms with E-state index in [-0.39, 0.29) is 13.1 Å². The number of nitrogens with zero attached hydrogens (tertiary/aromatic N) is 1. The molecule has 0 atom stereocenters. The minimum atomic E-state index is -3.73. The lowest BCUT2D eigenvalue weighted by Crippen LogP contribution is -2.63. The molecule has 2 N–H and O–H groups in total. The molecule has 0 aromatic heterocycles. The summed E-state index contributed by atoms with van der Waals surface area (Å²) in [5.41, 5.74) is -0.967. The number of aliphatic hydroxyl groups is 1. The van der Waals surface area contributed by atoms with Crippen molar-refractivity contribution in [2.45, 2.75) is 18.9 Å². The lowest BCUT2D eigenvalue weighted by Gasteiger charge is -2.44. The number of rotatable bonds is 4. The first-order chi connectivity index (χ1) is 6.29. The van der Waals surface area contributed by atoms with E-state index in [1.54, 1.807) is 6.92 Å². The molecule has 0 aromatic rings. The standard InChI is InChI=1S/C7H13NO5S/c1-2-7(11)4-8(5-7)14(12,13)3-6(9)10/h11H,2-5H2,1H3,(H,9,10).